The van der Waals surface area contributed by atoms with Gasteiger partial charge < -0.3 is 9.47 Å². The summed E-state index contributed by atoms with van der Waals surface area (Å²) in [5.74, 6) is 1.21. The predicted octanol–water partition coefficient (Wildman–Crippen LogP) is 6.28. The Morgan fingerprint density at radius 1 is 1.03 bits per heavy atom. The van der Waals surface area contributed by atoms with Gasteiger partial charge in [-0.3, -0.25) is 4.79 Å². The molecular weight excluding hydrogens is 456 g/mol. The summed E-state index contributed by atoms with van der Waals surface area (Å²) in [5.41, 5.74) is 4.33. The molecule has 0 unspecified atom stereocenters. The standard InChI is InChI=1S/C25H33BrN2O3/c1-3-5-6-7-8-12-15-31-25-22(26)16-21(17-23(25)30-4-2)19-27-28-24(29)18-20-13-10-9-11-14-20/h9-11,13-14,16-17,19H,3-8,12,15,18H2,1-2H3,(H,28,29). The molecule has 0 saturated heterocycles. The van der Waals surface area contributed by atoms with Gasteiger partial charge in [-0.25, -0.2) is 5.43 Å². The second kappa shape index (κ2) is 14.6. The highest BCUT2D eigenvalue weighted by molar-refractivity contribution is 9.10. The number of nitrogens with zero attached hydrogens (tertiary/aromatic N) is 1. The van der Waals surface area contributed by atoms with Crippen LogP contribution in [0.2, 0.25) is 0 Å². The third kappa shape index (κ3) is 9.55. The summed E-state index contributed by atoms with van der Waals surface area (Å²) in [7, 11) is 0. The van der Waals surface area contributed by atoms with Crippen LogP contribution in [0.4, 0.5) is 0 Å². The first-order valence-electron chi connectivity index (χ1n) is 11.1. The highest BCUT2D eigenvalue weighted by Crippen LogP contribution is 2.36. The summed E-state index contributed by atoms with van der Waals surface area (Å²) in [6.45, 7) is 5.36. The van der Waals surface area contributed by atoms with E-state index in [4.69, 9.17) is 9.47 Å². The lowest BCUT2D eigenvalue weighted by Gasteiger charge is -2.14. The van der Waals surface area contributed by atoms with Crippen LogP contribution < -0.4 is 14.9 Å². The number of ether oxygens (including phenoxy) is 2. The second-order valence-electron chi connectivity index (χ2n) is 7.33. The van der Waals surface area contributed by atoms with E-state index in [-0.39, 0.29) is 12.3 Å². The number of hydrazone groups is 1. The van der Waals surface area contributed by atoms with Gasteiger partial charge in [-0.15, -0.1) is 0 Å². The Morgan fingerprint density at radius 2 is 1.77 bits per heavy atom. The summed E-state index contributed by atoms with van der Waals surface area (Å²) in [4.78, 5) is 12.0. The first kappa shape index (κ1) is 24.9. The van der Waals surface area contributed by atoms with Crippen LogP contribution in [0, 0.1) is 0 Å². The van der Waals surface area contributed by atoms with E-state index in [1.54, 1.807) is 6.21 Å². The Hall–Kier alpha value is -2.34. The number of carbonyl (C=O) groups is 1. The number of hydrogen-bond donors (Lipinski definition) is 1. The van der Waals surface area contributed by atoms with Crippen molar-refractivity contribution in [1.29, 1.82) is 0 Å². The van der Waals surface area contributed by atoms with Crippen LogP contribution in [0.25, 0.3) is 0 Å². The molecule has 1 amide bonds. The molecule has 5 nitrogen and oxygen atoms in total. The van der Waals surface area contributed by atoms with Crippen LogP contribution in [0.5, 0.6) is 11.5 Å². The number of unbranched alkanes of at least 4 members (excludes halogenated alkanes) is 5. The Labute approximate surface area is 194 Å². The van der Waals surface area contributed by atoms with Crippen LogP contribution in [0.1, 0.15) is 63.5 Å². The third-order valence-electron chi connectivity index (χ3n) is 4.69. The van der Waals surface area contributed by atoms with E-state index in [1.165, 1.54) is 32.1 Å². The van der Waals surface area contributed by atoms with E-state index in [0.717, 1.165) is 22.0 Å². The fourth-order valence-electron chi connectivity index (χ4n) is 3.12. The van der Waals surface area contributed by atoms with E-state index in [1.807, 2.05) is 49.4 Å². The normalized spacial score (nSPS) is 10.9. The zero-order valence-corrected chi connectivity index (χ0v) is 20.1. The summed E-state index contributed by atoms with van der Waals surface area (Å²) in [5, 5.41) is 4.08. The molecule has 2 aromatic rings. The van der Waals surface area contributed by atoms with Crippen molar-refractivity contribution in [3.05, 3.63) is 58.1 Å². The quantitative estimate of drug-likeness (QED) is 0.193. The number of amides is 1. The molecule has 0 atom stereocenters. The molecule has 0 aliphatic rings. The zero-order valence-electron chi connectivity index (χ0n) is 18.5. The summed E-state index contributed by atoms with van der Waals surface area (Å²) < 4.78 is 12.6. The monoisotopic (exact) mass is 488 g/mol. The number of hydrogen-bond acceptors (Lipinski definition) is 4. The van der Waals surface area contributed by atoms with Gasteiger partial charge in [0.2, 0.25) is 5.91 Å². The Balaban J connectivity index is 1.90. The van der Waals surface area contributed by atoms with Crippen molar-refractivity contribution in [1.82, 2.24) is 5.43 Å². The number of benzene rings is 2. The van der Waals surface area contributed by atoms with Crippen molar-refractivity contribution in [2.75, 3.05) is 13.2 Å². The van der Waals surface area contributed by atoms with E-state index < -0.39 is 0 Å². The second-order valence-corrected chi connectivity index (χ2v) is 8.19. The molecule has 0 bridgehead atoms. The Bertz CT molecular complexity index is 825. The van der Waals surface area contributed by atoms with Gasteiger partial charge in [0.05, 0.1) is 30.3 Å². The van der Waals surface area contributed by atoms with Crippen LogP contribution in [0.3, 0.4) is 0 Å². The minimum absolute atomic E-state index is 0.162. The molecule has 0 spiro atoms. The van der Waals surface area contributed by atoms with Gasteiger partial charge in [-0.05, 0) is 52.5 Å². The summed E-state index contributed by atoms with van der Waals surface area (Å²) in [6, 6.07) is 13.4. The molecule has 168 valence electrons. The molecule has 1 N–H and O–H groups in total. The van der Waals surface area contributed by atoms with Gasteiger partial charge in [0.1, 0.15) is 0 Å². The lowest BCUT2D eigenvalue weighted by atomic mass is 10.1. The molecule has 0 heterocycles. The molecule has 2 rings (SSSR count). The Morgan fingerprint density at radius 3 is 2.52 bits per heavy atom. The van der Waals surface area contributed by atoms with Crippen LogP contribution in [-0.2, 0) is 11.2 Å². The lowest BCUT2D eigenvalue weighted by molar-refractivity contribution is -0.120. The fourth-order valence-corrected chi connectivity index (χ4v) is 3.70. The molecule has 0 radical (unpaired) electrons. The van der Waals surface area contributed by atoms with Gasteiger partial charge in [0.15, 0.2) is 11.5 Å². The fraction of sp³-hybridized carbons (Fsp3) is 0.440. The van der Waals surface area contributed by atoms with E-state index in [0.29, 0.717) is 24.7 Å². The molecule has 0 aliphatic heterocycles. The maximum Gasteiger partial charge on any atom is 0.244 e. The van der Waals surface area contributed by atoms with Crippen LogP contribution in [-0.4, -0.2) is 25.3 Å². The average molecular weight is 489 g/mol. The smallest absolute Gasteiger partial charge is 0.244 e. The van der Waals surface area contributed by atoms with Crippen LogP contribution in [0.15, 0.2) is 52.0 Å². The summed E-state index contributed by atoms with van der Waals surface area (Å²) >= 11 is 3.58. The SMILES string of the molecule is CCCCCCCCOc1c(Br)cc(C=NNC(=O)Cc2ccccc2)cc1OCC. The molecule has 0 aliphatic carbocycles. The first-order chi connectivity index (χ1) is 15.1. The average Bonchev–Trinajstić information content (AvgIpc) is 2.75. The lowest BCUT2D eigenvalue weighted by Crippen LogP contribution is -2.19. The highest BCUT2D eigenvalue weighted by atomic mass is 79.9. The van der Waals surface area contributed by atoms with Crippen molar-refractivity contribution >= 4 is 28.1 Å². The Kier molecular flexibility index (Phi) is 11.8. The summed E-state index contributed by atoms with van der Waals surface area (Å²) in [6.07, 6.45) is 9.20. The van der Waals surface area contributed by atoms with E-state index >= 15 is 0 Å². The topological polar surface area (TPSA) is 59.9 Å². The van der Waals surface area contributed by atoms with Gasteiger partial charge in [0.25, 0.3) is 0 Å². The van der Waals surface area contributed by atoms with Crippen LogP contribution >= 0.6 is 15.9 Å². The maximum absolute atomic E-state index is 12.0. The van der Waals surface area contributed by atoms with Gasteiger partial charge in [-0.1, -0.05) is 69.4 Å². The van der Waals surface area contributed by atoms with Crippen molar-refractivity contribution in [3.63, 3.8) is 0 Å². The third-order valence-corrected chi connectivity index (χ3v) is 5.28. The largest absolute Gasteiger partial charge is 0.490 e. The van der Waals surface area contributed by atoms with E-state index in [9.17, 15) is 4.79 Å². The van der Waals surface area contributed by atoms with Crippen molar-refractivity contribution in [2.24, 2.45) is 5.10 Å². The molecule has 31 heavy (non-hydrogen) atoms. The maximum atomic E-state index is 12.0. The van der Waals surface area contributed by atoms with Gasteiger partial charge in [0, 0.05) is 0 Å². The molecule has 0 fully saturated rings. The molecular formula is C25H33BrN2O3. The minimum atomic E-state index is -0.162. The number of carbonyl (C=O) groups excluding carboxylic acids is 1. The number of halogens is 1. The predicted molar refractivity (Wildman–Crippen MR) is 130 cm³/mol. The zero-order chi connectivity index (χ0) is 22.3. The first-order valence-corrected chi connectivity index (χ1v) is 11.9. The minimum Gasteiger partial charge on any atom is -0.490 e. The number of rotatable bonds is 14. The molecule has 2 aromatic carbocycles. The molecule has 0 aromatic heterocycles. The van der Waals surface area contributed by atoms with Crippen molar-refractivity contribution in [3.8, 4) is 11.5 Å². The number of nitrogens with one attached hydrogen (secondary N) is 1. The van der Waals surface area contributed by atoms with Gasteiger partial charge in [-0.2, -0.15) is 5.10 Å². The van der Waals surface area contributed by atoms with Crippen molar-refractivity contribution < 1.29 is 14.3 Å². The van der Waals surface area contributed by atoms with Gasteiger partial charge >= 0.3 is 0 Å². The molecule has 6 heteroatoms. The van der Waals surface area contributed by atoms with E-state index in [2.05, 4.69) is 33.4 Å². The van der Waals surface area contributed by atoms with Crippen molar-refractivity contribution in [2.45, 2.75) is 58.8 Å². The molecule has 0 saturated carbocycles. The highest BCUT2D eigenvalue weighted by Gasteiger charge is 2.12.